The fraction of sp³-hybridized carbons (Fsp3) is 0.100. The first-order chi connectivity index (χ1) is 6.76. The molecular formula is C10H7FO2S. The predicted octanol–water partition coefficient (Wildman–Crippen LogP) is 2.86. The Bertz CT molecular complexity index is 490. The molecule has 0 aliphatic carbocycles. The Kier molecular flexibility index (Phi) is 2.21. The maximum atomic E-state index is 13.3. The van der Waals surface area contributed by atoms with Gasteiger partial charge in [0.2, 0.25) is 0 Å². The molecule has 0 bridgehead atoms. The average Bonchev–Trinajstić information content (AvgIpc) is 2.63. The lowest BCUT2D eigenvalue weighted by atomic mass is 10.2. The van der Waals surface area contributed by atoms with Gasteiger partial charge in [-0.1, -0.05) is 0 Å². The molecule has 0 unspecified atom stereocenters. The number of ether oxygens (including phenoxy) is 1. The molecule has 0 atom stereocenters. The number of hydrogen-bond donors (Lipinski definition) is 0. The molecule has 1 aromatic carbocycles. The molecule has 4 heteroatoms. The van der Waals surface area contributed by atoms with Crippen LogP contribution in [0.15, 0.2) is 18.2 Å². The van der Waals surface area contributed by atoms with Crippen LogP contribution >= 0.6 is 11.3 Å². The predicted molar refractivity (Wildman–Crippen MR) is 53.7 cm³/mol. The SMILES string of the molecule is COc1ccc(F)c2sc(C=O)cc12. The summed E-state index contributed by atoms with van der Waals surface area (Å²) in [6, 6.07) is 4.53. The van der Waals surface area contributed by atoms with Crippen LogP contribution in [0.1, 0.15) is 9.67 Å². The molecule has 0 aliphatic rings. The first-order valence-corrected chi connectivity index (χ1v) is 4.79. The van der Waals surface area contributed by atoms with E-state index in [9.17, 15) is 9.18 Å². The molecule has 0 N–H and O–H groups in total. The van der Waals surface area contributed by atoms with E-state index in [0.717, 1.165) is 11.3 Å². The Morgan fingerprint density at radius 2 is 2.29 bits per heavy atom. The van der Waals surface area contributed by atoms with Crippen molar-refractivity contribution >= 4 is 27.7 Å². The summed E-state index contributed by atoms with van der Waals surface area (Å²) in [5, 5.41) is 0.652. The molecule has 0 spiro atoms. The van der Waals surface area contributed by atoms with Crippen molar-refractivity contribution in [3.63, 3.8) is 0 Å². The van der Waals surface area contributed by atoms with Gasteiger partial charge >= 0.3 is 0 Å². The van der Waals surface area contributed by atoms with Crippen LogP contribution in [0.2, 0.25) is 0 Å². The number of benzene rings is 1. The van der Waals surface area contributed by atoms with Crippen molar-refractivity contribution in [2.24, 2.45) is 0 Å². The minimum atomic E-state index is -0.320. The standard InChI is InChI=1S/C10H7FO2S/c1-13-9-3-2-8(11)10-7(9)4-6(5-12)14-10/h2-5H,1H3. The quantitative estimate of drug-likeness (QED) is 0.712. The van der Waals surface area contributed by atoms with Gasteiger partial charge in [-0.05, 0) is 18.2 Å². The van der Waals surface area contributed by atoms with E-state index < -0.39 is 0 Å². The Hall–Kier alpha value is -1.42. The van der Waals surface area contributed by atoms with Gasteiger partial charge in [0.1, 0.15) is 11.6 Å². The van der Waals surface area contributed by atoms with E-state index >= 15 is 0 Å². The highest BCUT2D eigenvalue weighted by Gasteiger charge is 2.10. The largest absolute Gasteiger partial charge is 0.496 e. The summed E-state index contributed by atoms with van der Waals surface area (Å²) in [6.07, 6.45) is 0.712. The summed E-state index contributed by atoms with van der Waals surface area (Å²) in [7, 11) is 1.52. The zero-order chi connectivity index (χ0) is 10.1. The van der Waals surface area contributed by atoms with E-state index in [0.29, 0.717) is 27.0 Å². The lowest BCUT2D eigenvalue weighted by Crippen LogP contribution is -1.83. The van der Waals surface area contributed by atoms with E-state index in [2.05, 4.69) is 0 Å². The van der Waals surface area contributed by atoms with Gasteiger partial charge in [-0.3, -0.25) is 4.79 Å². The average molecular weight is 210 g/mol. The second-order valence-corrected chi connectivity index (χ2v) is 3.84. The summed E-state index contributed by atoms with van der Waals surface area (Å²) >= 11 is 1.13. The molecule has 2 aromatic rings. The number of fused-ring (bicyclic) bond motifs is 1. The fourth-order valence-electron chi connectivity index (χ4n) is 1.32. The van der Waals surface area contributed by atoms with Crippen molar-refractivity contribution < 1.29 is 13.9 Å². The molecule has 0 saturated heterocycles. The van der Waals surface area contributed by atoms with Crippen LogP contribution in [0.25, 0.3) is 10.1 Å². The van der Waals surface area contributed by atoms with Gasteiger partial charge in [-0.2, -0.15) is 0 Å². The fourth-order valence-corrected chi connectivity index (χ4v) is 2.22. The molecule has 0 radical (unpaired) electrons. The first kappa shape index (κ1) is 9.15. The third-order valence-electron chi connectivity index (χ3n) is 1.95. The molecule has 14 heavy (non-hydrogen) atoms. The lowest BCUT2D eigenvalue weighted by Gasteiger charge is -2.00. The lowest BCUT2D eigenvalue weighted by molar-refractivity contribution is 0.112. The van der Waals surface area contributed by atoms with Crippen LogP contribution in [0.4, 0.5) is 4.39 Å². The molecule has 2 rings (SSSR count). The second kappa shape index (κ2) is 3.38. The number of carbonyl (C=O) groups is 1. The van der Waals surface area contributed by atoms with Gasteiger partial charge in [-0.15, -0.1) is 11.3 Å². The normalized spacial score (nSPS) is 10.4. The van der Waals surface area contributed by atoms with Gasteiger partial charge in [0.15, 0.2) is 6.29 Å². The van der Waals surface area contributed by atoms with E-state index in [1.807, 2.05) is 0 Å². The Morgan fingerprint density at radius 3 is 2.93 bits per heavy atom. The zero-order valence-corrected chi connectivity index (χ0v) is 8.23. The molecule has 1 heterocycles. The van der Waals surface area contributed by atoms with Crippen molar-refractivity contribution in [3.8, 4) is 5.75 Å². The number of methoxy groups -OCH3 is 1. The molecule has 0 fully saturated rings. The molecule has 72 valence electrons. The van der Waals surface area contributed by atoms with Gasteiger partial charge < -0.3 is 4.74 Å². The van der Waals surface area contributed by atoms with Gasteiger partial charge in [-0.25, -0.2) is 4.39 Å². The second-order valence-electron chi connectivity index (χ2n) is 2.76. The highest BCUT2D eigenvalue weighted by molar-refractivity contribution is 7.20. The molecule has 1 aromatic heterocycles. The van der Waals surface area contributed by atoms with E-state index in [1.54, 1.807) is 12.1 Å². The molecule has 0 aliphatic heterocycles. The minimum absolute atomic E-state index is 0.320. The van der Waals surface area contributed by atoms with Crippen molar-refractivity contribution in [2.75, 3.05) is 7.11 Å². The number of rotatable bonds is 2. The monoisotopic (exact) mass is 210 g/mol. The maximum Gasteiger partial charge on any atom is 0.160 e. The summed E-state index contributed by atoms with van der Waals surface area (Å²) < 4.78 is 18.8. The van der Waals surface area contributed by atoms with Crippen molar-refractivity contribution in [1.29, 1.82) is 0 Å². The van der Waals surface area contributed by atoms with Gasteiger partial charge in [0, 0.05) is 5.39 Å². The summed E-state index contributed by atoms with van der Waals surface area (Å²) in [5.41, 5.74) is 0. The topological polar surface area (TPSA) is 26.3 Å². The minimum Gasteiger partial charge on any atom is -0.496 e. The molecule has 0 amide bonds. The Labute approximate surface area is 83.9 Å². The smallest absolute Gasteiger partial charge is 0.160 e. The summed E-state index contributed by atoms with van der Waals surface area (Å²) in [6.45, 7) is 0. The van der Waals surface area contributed by atoms with Crippen LogP contribution in [-0.2, 0) is 0 Å². The van der Waals surface area contributed by atoms with Crippen LogP contribution in [-0.4, -0.2) is 13.4 Å². The van der Waals surface area contributed by atoms with E-state index in [-0.39, 0.29) is 5.82 Å². The Morgan fingerprint density at radius 1 is 1.50 bits per heavy atom. The third-order valence-corrected chi connectivity index (χ3v) is 3.02. The van der Waals surface area contributed by atoms with Crippen molar-refractivity contribution in [2.45, 2.75) is 0 Å². The van der Waals surface area contributed by atoms with Crippen LogP contribution < -0.4 is 4.74 Å². The van der Waals surface area contributed by atoms with Crippen molar-refractivity contribution in [3.05, 3.63) is 28.9 Å². The first-order valence-electron chi connectivity index (χ1n) is 3.97. The van der Waals surface area contributed by atoms with E-state index in [1.165, 1.54) is 13.2 Å². The van der Waals surface area contributed by atoms with Crippen LogP contribution in [0, 0.1) is 5.82 Å². The van der Waals surface area contributed by atoms with Crippen molar-refractivity contribution in [1.82, 2.24) is 0 Å². The number of thiophene rings is 1. The van der Waals surface area contributed by atoms with Gasteiger partial charge in [0.25, 0.3) is 0 Å². The Balaban J connectivity index is 2.81. The van der Waals surface area contributed by atoms with Crippen LogP contribution in [0.3, 0.4) is 0 Å². The highest BCUT2D eigenvalue weighted by Crippen LogP contribution is 2.33. The van der Waals surface area contributed by atoms with Crippen LogP contribution in [0.5, 0.6) is 5.75 Å². The number of hydrogen-bond acceptors (Lipinski definition) is 3. The zero-order valence-electron chi connectivity index (χ0n) is 7.41. The molecule has 2 nitrogen and oxygen atoms in total. The maximum absolute atomic E-state index is 13.3. The summed E-state index contributed by atoms with van der Waals surface area (Å²) in [4.78, 5) is 11.0. The highest BCUT2D eigenvalue weighted by atomic mass is 32.1. The summed E-state index contributed by atoms with van der Waals surface area (Å²) in [5.74, 6) is 0.268. The van der Waals surface area contributed by atoms with Gasteiger partial charge in [0.05, 0.1) is 16.7 Å². The third kappa shape index (κ3) is 1.28. The molecular weight excluding hydrogens is 203 g/mol. The number of halogens is 1. The molecule has 0 saturated carbocycles. The number of carbonyl (C=O) groups excluding carboxylic acids is 1. The van der Waals surface area contributed by atoms with E-state index in [4.69, 9.17) is 4.74 Å². The number of aldehydes is 1.